The minimum atomic E-state index is -0.183. The van der Waals surface area contributed by atoms with Crippen LogP contribution in [0, 0.1) is 5.82 Å². The summed E-state index contributed by atoms with van der Waals surface area (Å²) in [5.41, 5.74) is 0.933. The van der Waals surface area contributed by atoms with Crippen LogP contribution in [0.1, 0.15) is 6.92 Å². The van der Waals surface area contributed by atoms with Crippen molar-refractivity contribution in [1.82, 2.24) is 0 Å². The van der Waals surface area contributed by atoms with E-state index in [1.165, 1.54) is 6.07 Å². The summed E-state index contributed by atoms with van der Waals surface area (Å²) in [5.74, 6) is -0.183. The number of rotatable bonds is 4. The number of halogens is 1. The largest absolute Gasteiger partial charge is 0.371 e. The van der Waals surface area contributed by atoms with Gasteiger partial charge in [0.1, 0.15) is 5.82 Å². The van der Waals surface area contributed by atoms with E-state index in [1.807, 2.05) is 6.07 Å². The Kier molecular flexibility index (Phi) is 2.68. The van der Waals surface area contributed by atoms with Gasteiger partial charge in [-0.15, -0.1) is 0 Å². The molecule has 2 rings (SSSR count). The zero-order valence-electron chi connectivity index (χ0n) is 8.24. The minimum absolute atomic E-state index is 0.183. The van der Waals surface area contributed by atoms with Gasteiger partial charge in [0.15, 0.2) is 0 Å². The third kappa shape index (κ3) is 2.23. The van der Waals surface area contributed by atoms with Crippen LogP contribution < -0.4 is 4.90 Å². The molecular weight excluding hydrogens is 181 g/mol. The lowest BCUT2D eigenvalue weighted by atomic mass is 10.2. The Labute approximate surface area is 83.3 Å². The van der Waals surface area contributed by atoms with Gasteiger partial charge in [0.2, 0.25) is 0 Å². The molecule has 3 heteroatoms. The smallest absolute Gasteiger partial charge is 0.125 e. The van der Waals surface area contributed by atoms with Crippen LogP contribution in [0.3, 0.4) is 0 Å². The van der Waals surface area contributed by atoms with E-state index in [1.54, 1.807) is 12.1 Å². The van der Waals surface area contributed by atoms with E-state index in [-0.39, 0.29) is 5.82 Å². The second-order valence-corrected chi connectivity index (χ2v) is 3.47. The Balaban J connectivity index is 2.08. The van der Waals surface area contributed by atoms with Crippen molar-refractivity contribution >= 4 is 5.69 Å². The molecule has 1 aromatic rings. The molecule has 2 nitrogen and oxygen atoms in total. The number of hydrogen-bond donors (Lipinski definition) is 0. The third-order valence-electron chi connectivity index (χ3n) is 2.38. The molecule has 0 saturated carbocycles. The normalized spacial score (nSPS) is 19.4. The highest BCUT2D eigenvalue weighted by Crippen LogP contribution is 2.19. The van der Waals surface area contributed by atoms with Gasteiger partial charge < -0.3 is 9.64 Å². The van der Waals surface area contributed by atoms with Gasteiger partial charge in [-0.1, -0.05) is 6.07 Å². The SMILES string of the molecule is CCN(CC1CO1)c1cccc(F)c1. The van der Waals surface area contributed by atoms with Gasteiger partial charge in [0.25, 0.3) is 0 Å². The fourth-order valence-corrected chi connectivity index (χ4v) is 1.51. The summed E-state index contributed by atoms with van der Waals surface area (Å²) in [6.45, 7) is 4.64. The molecule has 1 aliphatic rings. The van der Waals surface area contributed by atoms with E-state index >= 15 is 0 Å². The van der Waals surface area contributed by atoms with Gasteiger partial charge in [-0.3, -0.25) is 0 Å². The second-order valence-electron chi connectivity index (χ2n) is 3.47. The molecule has 14 heavy (non-hydrogen) atoms. The van der Waals surface area contributed by atoms with Crippen LogP contribution in [-0.4, -0.2) is 25.8 Å². The van der Waals surface area contributed by atoms with Crippen LogP contribution in [0.15, 0.2) is 24.3 Å². The van der Waals surface area contributed by atoms with Gasteiger partial charge in [-0.2, -0.15) is 0 Å². The first-order valence-corrected chi connectivity index (χ1v) is 4.91. The third-order valence-corrected chi connectivity index (χ3v) is 2.38. The fraction of sp³-hybridized carbons (Fsp3) is 0.455. The van der Waals surface area contributed by atoms with Crippen LogP contribution in [0.2, 0.25) is 0 Å². The molecule has 1 aromatic carbocycles. The van der Waals surface area contributed by atoms with Crippen LogP contribution in [0.25, 0.3) is 0 Å². The maximum atomic E-state index is 13.0. The monoisotopic (exact) mass is 195 g/mol. The Morgan fingerprint density at radius 1 is 1.57 bits per heavy atom. The van der Waals surface area contributed by atoms with Crippen molar-refractivity contribution in [3.05, 3.63) is 30.1 Å². The molecule has 0 spiro atoms. The van der Waals surface area contributed by atoms with Crippen LogP contribution in [-0.2, 0) is 4.74 Å². The Bertz CT molecular complexity index is 312. The average Bonchev–Trinajstić information content (AvgIpc) is 2.98. The zero-order valence-corrected chi connectivity index (χ0v) is 8.24. The van der Waals surface area contributed by atoms with Gasteiger partial charge in [-0.05, 0) is 25.1 Å². The molecule has 0 bridgehead atoms. The Hall–Kier alpha value is -1.09. The first-order chi connectivity index (χ1) is 6.79. The summed E-state index contributed by atoms with van der Waals surface area (Å²) >= 11 is 0. The quantitative estimate of drug-likeness (QED) is 0.683. The molecule has 0 aliphatic carbocycles. The van der Waals surface area contributed by atoms with Crippen molar-refractivity contribution in [2.45, 2.75) is 13.0 Å². The Morgan fingerprint density at radius 3 is 2.93 bits per heavy atom. The molecule has 1 saturated heterocycles. The van der Waals surface area contributed by atoms with Crippen molar-refractivity contribution in [3.8, 4) is 0 Å². The van der Waals surface area contributed by atoms with E-state index in [2.05, 4.69) is 11.8 Å². The van der Waals surface area contributed by atoms with E-state index < -0.39 is 0 Å². The maximum absolute atomic E-state index is 13.0. The molecule has 0 aromatic heterocycles. The number of ether oxygens (including phenoxy) is 1. The van der Waals surface area contributed by atoms with Gasteiger partial charge >= 0.3 is 0 Å². The number of nitrogens with zero attached hydrogens (tertiary/aromatic N) is 1. The molecule has 1 atom stereocenters. The first kappa shape index (κ1) is 9.46. The summed E-state index contributed by atoms with van der Waals surface area (Å²) in [6, 6.07) is 6.69. The lowest BCUT2D eigenvalue weighted by molar-refractivity contribution is 0.408. The van der Waals surface area contributed by atoms with Crippen molar-refractivity contribution in [1.29, 1.82) is 0 Å². The van der Waals surface area contributed by atoms with Gasteiger partial charge in [0, 0.05) is 18.8 Å². The molecule has 0 amide bonds. The maximum Gasteiger partial charge on any atom is 0.125 e. The molecule has 1 unspecified atom stereocenters. The molecule has 0 radical (unpaired) electrons. The standard InChI is InChI=1S/C11H14FNO/c1-2-13(7-11-8-14-11)10-5-3-4-9(12)6-10/h3-6,11H,2,7-8H2,1H3. The highest BCUT2D eigenvalue weighted by molar-refractivity contribution is 5.46. The minimum Gasteiger partial charge on any atom is -0.371 e. The van der Waals surface area contributed by atoms with E-state index in [4.69, 9.17) is 4.74 Å². The molecular formula is C11H14FNO. The predicted molar refractivity (Wildman–Crippen MR) is 54.0 cm³/mol. The van der Waals surface area contributed by atoms with E-state index in [9.17, 15) is 4.39 Å². The van der Waals surface area contributed by atoms with E-state index in [0.717, 1.165) is 25.4 Å². The second kappa shape index (κ2) is 3.96. The number of benzene rings is 1. The van der Waals surface area contributed by atoms with Crippen molar-refractivity contribution < 1.29 is 9.13 Å². The summed E-state index contributed by atoms with van der Waals surface area (Å²) in [7, 11) is 0. The molecule has 0 N–H and O–H groups in total. The molecule has 76 valence electrons. The van der Waals surface area contributed by atoms with E-state index in [0.29, 0.717) is 6.10 Å². The lowest BCUT2D eigenvalue weighted by Gasteiger charge is -2.21. The predicted octanol–water partition coefficient (Wildman–Crippen LogP) is 2.05. The van der Waals surface area contributed by atoms with Crippen molar-refractivity contribution in [2.75, 3.05) is 24.6 Å². The van der Waals surface area contributed by atoms with Gasteiger partial charge in [0.05, 0.1) is 12.7 Å². The first-order valence-electron chi connectivity index (χ1n) is 4.91. The van der Waals surface area contributed by atoms with Crippen molar-refractivity contribution in [3.63, 3.8) is 0 Å². The highest BCUT2D eigenvalue weighted by Gasteiger charge is 2.25. The number of epoxide rings is 1. The summed E-state index contributed by atoms with van der Waals surface area (Å²) in [5, 5.41) is 0. The Morgan fingerprint density at radius 2 is 2.36 bits per heavy atom. The average molecular weight is 195 g/mol. The number of likely N-dealkylation sites (N-methyl/N-ethyl adjacent to an activating group) is 1. The van der Waals surface area contributed by atoms with Crippen molar-refractivity contribution in [2.24, 2.45) is 0 Å². The summed E-state index contributed by atoms with van der Waals surface area (Å²) in [4.78, 5) is 2.13. The lowest BCUT2D eigenvalue weighted by Crippen LogP contribution is -2.27. The number of hydrogen-bond acceptors (Lipinski definition) is 2. The van der Waals surface area contributed by atoms with Crippen LogP contribution in [0.5, 0.6) is 0 Å². The van der Waals surface area contributed by atoms with Crippen LogP contribution in [0.4, 0.5) is 10.1 Å². The fourth-order valence-electron chi connectivity index (χ4n) is 1.51. The highest BCUT2D eigenvalue weighted by atomic mass is 19.1. The molecule has 1 fully saturated rings. The van der Waals surface area contributed by atoms with Crippen LogP contribution >= 0.6 is 0 Å². The van der Waals surface area contributed by atoms with Gasteiger partial charge in [-0.25, -0.2) is 4.39 Å². The number of anilines is 1. The molecule has 1 aliphatic heterocycles. The zero-order chi connectivity index (χ0) is 9.97. The summed E-state index contributed by atoms with van der Waals surface area (Å²) in [6.07, 6.45) is 0.346. The summed E-state index contributed by atoms with van der Waals surface area (Å²) < 4.78 is 18.1. The topological polar surface area (TPSA) is 15.8 Å². The molecule has 1 heterocycles.